The quantitative estimate of drug-likeness (QED) is 0.725. The molecule has 2 N–H and O–H groups in total. The number of phenolic OH excluding ortho intramolecular Hbond substituents is 1. The molecule has 0 aliphatic carbocycles. The molecule has 0 unspecified atom stereocenters. The molecule has 1 fully saturated rings. The summed E-state index contributed by atoms with van der Waals surface area (Å²) in [5, 5.41) is 12.9. The topological polar surface area (TPSA) is 58.6 Å². The van der Waals surface area contributed by atoms with Gasteiger partial charge in [0.25, 0.3) is 0 Å². The Bertz CT molecular complexity index is 508. The second kappa shape index (κ2) is 5.89. The average Bonchev–Trinajstić information content (AvgIpc) is 2.27. The summed E-state index contributed by atoms with van der Waals surface area (Å²) in [7, 11) is 0. The van der Waals surface area contributed by atoms with Gasteiger partial charge in [-0.15, -0.1) is 12.4 Å². The lowest BCUT2D eigenvalue weighted by atomic mass is 9.80. The number of benzene rings is 1. The number of nitrogens with one attached hydrogen (secondary N) is 1. The lowest BCUT2D eigenvalue weighted by molar-refractivity contribution is 0.0381. The van der Waals surface area contributed by atoms with E-state index in [9.17, 15) is 9.90 Å². The van der Waals surface area contributed by atoms with Crippen LogP contribution in [-0.4, -0.2) is 17.8 Å². The smallest absolute Gasteiger partial charge is 0.407 e. The van der Waals surface area contributed by atoms with Gasteiger partial charge < -0.3 is 15.2 Å². The number of aromatic hydroxyl groups is 1. The Morgan fingerprint density at radius 2 is 2.05 bits per heavy atom. The third-order valence-electron chi connectivity index (χ3n) is 2.99. The molecule has 1 saturated heterocycles. The molecule has 2 rings (SSSR count). The van der Waals surface area contributed by atoms with Crippen LogP contribution in [0.2, 0.25) is 0 Å². The molecule has 1 heterocycles. The Hall–Kier alpha value is -0.460. The first-order chi connectivity index (χ1) is 8.31. The van der Waals surface area contributed by atoms with E-state index < -0.39 is 6.09 Å². The lowest BCUT2D eigenvalue weighted by Crippen LogP contribution is -2.46. The molecule has 4 nitrogen and oxygen atoms in total. The molecule has 19 heavy (non-hydrogen) atoms. The highest BCUT2D eigenvalue weighted by molar-refractivity contribution is 9.11. The maximum absolute atomic E-state index is 11.4. The largest absolute Gasteiger partial charge is 0.506 e. The van der Waals surface area contributed by atoms with Crippen LogP contribution in [0.25, 0.3) is 0 Å². The van der Waals surface area contributed by atoms with Crippen molar-refractivity contribution in [1.29, 1.82) is 0 Å². The average molecular weight is 416 g/mol. The van der Waals surface area contributed by atoms with Gasteiger partial charge in [0, 0.05) is 15.5 Å². The van der Waals surface area contributed by atoms with Gasteiger partial charge in [0.05, 0.1) is 10.5 Å². The van der Waals surface area contributed by atoms with Gasteiger partial charge in [-0.05, 0) is 28.1 Å². The molecule has 1 atom stereocenters. The van der Waals surface area contributed by atoms with E-state index in [1.807, 2.05) is 13.8 Å². The Morgan fingerprint density at radius 3 is 2.68 bits per heavy atom. The van der Waals surface area contributed by atoms with E-state index in [0.717, 1.165) is 4.47 Å². The standard InChI is InChI=1S/C12H13Br2NO3.ClH/c1-12(2)5-18-11(17)15-10(12)7-3-6(13)4-8(14)9(7)16;/h3-4,10,16H,5H2,1-2H3,(H,15,17);1H/t10-;/m0./s1. The van der Waals surface area contributed by atoms with Crippen LogP contribution in [-0.2, 0) is 4.74 Å². The summed E-state index contributed by atoms with van der Waals surface area (Å²) < 4.78 is 6.41. The molecule has 0 radical (unpaired) electrons. The highest BCUT2D eigenvalue weighted by Gasteiger charge is 2.39. The molecule has 0 bridgehead atoms. The molecule has 106 valence electrons. The maximum Gasteiger partial charge on any atom is 0.407 e. The highest BCUT2D eigenvalue weighted by Crippen LogP contribution is 2.43. The molecule has 7 heteroatoms. The van der Waals surface area contributed by atoms with Gasteiger partial charge in [0.15, 0.2) is 0 Å². The molecular formula is C12H14Br2ClNO3. The summed E-state index contributed by atoms with van der Waals surface area (Å²) in [5.41, 5.74) is 0.365. The van der Waals surface area contributed by atoms with E-state index in [1.54, 1.807) is 12.1 Å². The minimum atomic E-state index is -0.463. The van der Waals surface area contributed by atoms with E-state index in [-0.39, 0.29) is 29.6 Å². The first-order valence-electron chi connectivity index (χ1n) is 5.42. The molecule has 1 aromatic carbocycles. The van der Waals surface area contributed by atoms with Gasteiger partial charge in [0.2, 0.25) is 0 Å². The number of carbonyl (C=O) groups excluding carboxylic acids is 1. The second-order valence-corrected chi connectivity index (χ2v) is 6.74. The number of cyclic esters (lactones) is 1. The van der Waals surface area contributed by atoms with Gasteiger partial charge in [0.1, 0.15) is 12.4 Å². The first kappa shape index (κ1) is 16.6. The number of rotatable bonds is 1. The van der Waals surface area contributed by atoms with E-state index in [1.165, 1.54) is 0 Å². The zero-order chi connectivity index (χ0) is 13.5. The molecular weight excluding hydrogens is 401 g/mol. The van der Waals surface area contributed by atoms with Crippen LogP contribution in [0.1, 0.15) is 25.5 Å². The fraction of sp³-hybridized carbons (Fsp3) is 0.417. The monoisotopic (exact) mass is 413 g/mol. The molecule has 0 spiro atoms. The van der Waals surface area contributed by atoms with Crippen molar-refractivity contribution in [2.75, 3.05) is 6.61 Å². The number of carbonyl (C=O) groups is 1. The van der Waals surface area contributed by atoms with Crippen LogP contribution in [0.5, 0.6) is 5.75 Å². The van der Waals surface area contributed by atoms with E-state index in [2.05, 4.69) is 37.2 Å². The number of phenols is 1. The minimum Gasteiger partial charge on any atom is -0.506 e. The van der Waals surface area contributed by atoms with Crippen LogP contribution >= 0.6 is 44.3 Å². The Kier molecular flexibility index (Phi) is 5.15. The van der Waals surface area contributed by atoms with E-state index in [4.69, 9.17) is 4.74 Å². The summed E-state index contributed by atoms with van der Waals surface area (Å²) in [4.78, 5) is 11.4. The third-order valence-corrected chi connectivity index (χ3v) is 4.05. The van der Waals surface area contributed by atoms with Crippen molar-refractivity contribution in [1.82, 2.24) is 5.32 Å². The predicted molar refractivity (Wildman–Crippen MR) is 81.8 cm³/mol. The normalized spacial score (nSPS) is 21.1. The zero-order valence-corrected chi connectivity index (χ0v) is 14.4. The van der Waals surface area contributed by atoms with Gasteiger partial charge in [-0.25, -0.2) is 4.79 Å². The van der Waals surface area contributed by atoms with E-state index >= 15 is 0 Å². The predicted octanol–water partition coefficient (Wildman–Crippen LogP) is 4.15. The molecule has 0 saturated carbocycles. The Balaban J connectivity index is 0.00000180. The van der Waals surface area contributed by atoms with Gasteiger partial charge in [-0.1, -0.05) is 29.8 Å². The number of amides is 1. The van der Waals surface area contributed by atoms with Crippen LogP contribution in [0, 0.1) is 5.41 Å². The Morgan fingerprint density at radius 1 is 1.42 bits per heavy atom. The van der Waals surface area contributed by atoms with Crippen molar-refractivity contribution in [3.8, 4) is 5.75 Å². The van der Waals surface area contributed by atoms with Gasteiger partial charge >= 0.3 is 6.09 Å². The highest BCUT2D eigenvalue weighted by atomic mass is 79.9. The van der Waals surface area contributed by atoms with Crippen molar-refractivity contribution in [2.24, 2.45) is 5.41 Å². The zero-order valence-electron chi connectivity index (χ0n) is 10.4. The SMILES string of the molecule is CC1(C)COC(=O)N[C@H]1c1cc(Br)cc(Br)c1O.Cl. The van der Waals surface area contributed by atoms with Crippen LogP contribution in [0.15, 0.2) is 21.1 Å². The molecule has 0 aromatic heterocycles. The van der Waals surface area contributed by atoms with Gasteiger partial charge in [-0.3, -0.25) is 0 Å². The maximum atomic E-state index is 11.4. The summed E-state index contributed by atoms with van der Waals surface area (Å²) in [5.74, 6) is 0.137. The van der Waals surface area contributed by atoms with E-state index in [0.29, 0.717) is 16.6 Å². The van der Waals surface area contributed by atoms with Crippen molar-refractivity contribution in [3.05, 3.63) is 26.6 Å². The second-order valence-electron chi connectivity index (χ2n) is 4.97. The Labute approximate surface area is 134 Å². The first-order valence-corrected chi connectivity index (χ1v) is 7.01. The van der Waals surface area contributed by atoms with Crippen LogP contribution in [0.3, 0.4) is 0 Å². The number of hydrogen-bond acceptors (Lipinski definition) is 3. The molecule has 1 aromatic rings. The minimum absolute atomic E-state index is 0. The van der Waals surface area contributed by atoms with Crippen molar-refractivity contribution >= 4 is 50.4 Å². The number of halogens is 3. The summed E-state index contributed by atoms with van der Waals surface area (Å²) >= 11 is 6.67. The van der Waals surface area contributed by atoms with Gasteiger partial charge in [-0.2, -0.15) is 0 Å². The van der Waals surface area contributed by atoms with Crippen LogP contribution in [0.4, 0.5) is 4.79 Å². The van der Waals surface area contributed by atoms with Crippen molar-refractivity contribution in [3.63, 3.8) is 0 Å². The summed E-state index contributed by atoms with van der Waals surface area (Å²) in [6.07, 6.45) is -0.463. The number of hydrogen-bond donors (Lipinski definition) is 2. The fourth-order valence-corrected chi connectivity index (χ4v) is 3.25. The van der Waals surface area contributed by atoms with Crippen LogP contribution < -0.4 is 5.32 Å². The molecule has 1 amide bonds. The summed E-state index contributed by atoms with van der Waals surface area (Å²) in [6, 6.07) is 3.26. The molecule has 1 aliphatic rings. The van der Waals surface area contributed by atoms with Crippen molar-refractivity contribution in [2.45, 2.75) is 19.9 Å². The fourth-order valence-electron chi connectivity index (χ4n) is 1.99. The van der Waals surface area contributed by atoms with Crippen molar-refractivity contribution < 1.29 is 14.6 Å². The number of alkyl carbamates (subject to hydrolysis) is 1. The third kappa shape index (κ3) is 3.35. The number of ether oxygens (including phenoxy) is 1. The molecule has 1 aliphatic heterocycles. The summed E-state index contributed by atoms with van der Waals surface area (Å²) in [6.45, 7) is 4.27. The lowest BCUT2D eigenvalue weighted by Gasteiger charge is -2.38.